The molecule has 2 aliphatic heterocycles. The highest BCUT2D eigenvalue weighted by molar-refractivity contribution is 6.28. The summed E-state index contributed by atoms with van der Waals surface area (Å²) in [5.74, 6) is 0.786. The lowest BCUT2D eigenvalue weighted by Crippen LogP contribution is -2.44. The molecule has 1 atom stereocenters. The molecule has 28 heavy (non-hydrogen) atoms. The number of carbonyl (C=O) groups is 1. The molecule has 2 saturated heterocycles. The highest BCUT2D eigenvalue weighted by Gasteiger charge is 2.28. The van der Waals surface area contributed by atoms with E-state index in [9.17, 15) is 4.79 Å². The van der Waals surface area contributed by atoms with Crippen LogP contribution in [0.15, 0.2) is 6.33 Å². The van der Waals surface area contributed by atoms with Crippen molar-refractivity contribution >= 4 is 34.5 Å². The number of hydrogen-bond acceptors (Lipinski definition) is 7. The first-order valence-electron chi connectivity index (χ1n) is 9.90. The Balaban J connectivity index is 1.30. The number of amides is 1. The van der Waals surface area contributed by atoms with Gasteiger partial charge in [-0.1, -0.05) is 0 Å². The Bertz CT molecular complexity index is 808. The lowest BCUT2D eigenvalue weighted by molar-refractivity contribution is -0.125. The second-order valence-electron chi connectivity index (χ2n) is 7.30. The SMILES string of the molecule is O=C(NCCCN1CCOCC1)C1CCCN(c2nc(Cl)nc3nc[nH]c23)C1. The number of imidazole rings is 1. The third-order valence-corrected chi connectivity index (χ3v) is 5.55. The van der Waals surface area contributed by atoms with E-state index in [1.807, 2.05) is 0 Å². The second kappa shape index (κ2) is 9.02. The van der Waals surface area contributed by atoms with Gasteiger partial charge >= 0.3 is 0 Å². The van der Waals surface area contributed by atoms with Crippen molar-refractivity contribution in [3.8, 4) is 0 Å². The van der Waals surface area contributed by atoms with Gasteiger partial charge in [-0.3, -0.25) is 9.69 Å². The van der Waals surface area contributed by atoms with Crippen molar-refractivity contribution in [2.75, 3.05) is 57.4 Å². The number of fused-ring (bicyclic) bond motifs is 1. The van der Waals surface area contributed by atoms with Gasteiger partial charge in [-0.25, -0.2) is 4.98 Å². The smallest absolute Gasteiger partial charge is 0.226 e. The number of aromatic nitrogens is 4. The van der Waals surface area contributed by atoms with Crippen LogP contribution in [0.1, 0.15) is 19.3 Å². The number of anilines is 1. The van der Waals surface area contributed by atoms with Crippen molar-refractivity contribution < 1.29 is 9.53 Å². The molecule has 2 N–H and O–H groups in total. The molecule has 4 heterocycles. The summed E-state index contributed by atoms with van der Waals surface area (Å²) >= 11 is 6.05. The first-order chi connectivity index (χ1) is 13.7. The van der Waals surface area contributed by atoms with Gasteiger partial charge in [0.2, 0.25) is 11.2 Å². The fourth-order valence-electron chi connectivity index (χ4n) is 3.89. The summed E-state index contributed by atoms with van der Waals surface area (Å²) in [5, 5.41) is 3.28. The molecule has 2 aromatic rings. The lowest BCUT2D eigenvalue weighted by Gasteiger charge is -2.33. The number of nitrogens with zero attached hydrogens (tertiary/aromatic N) is 5. The van der Waals surface area contributed by atoms with Crippen LogP contribution >= 0.6 is 11.6 Å². The first kappa shape index (κ1) is 19.4. The average molecular weight is 408 g/mol. The van der Waals surface area contributed by atoms with Crippen LogP contribution in [-0.4, -0.2) is 83.2 Å². The maximum absolute atomic E-state index is 12.7. The molecule has 10 heteroatoms. The number of morpholine rings is 1. The summed E-state index contributed by atoms with van der Waals surface area (Å²) in [6.07, 6.45) is 4.36. The molecule has 9 nitrogen and oxygen atoms in total. The molecule has 1 amide bonds. The zero-order chi connectivity index (χ0) is 19.3. The molecule has 4 rings (SSSR count). The number of nitrogens with one attached hydrogen (secondary N) is 2. The van der Waals surface area contributed by atoms with Crippen LogP contribution in [0.3, 0.4) is 0 Å². The maximum atomic E-state index is 12.7. The van der Waals surface area contributed by atoms with Gasteiger partial charge in [0.25, 0.3) is 0 Å². The largest absolute Gasteiger partial charge is 0.379 e. The van der Waals surface area contributed by atoms with Gasteiger partial charge < -0.3 is 19.9 Å². The standard InChI is InChI=1S/C18H26ClN7O2/c19-18-23-15-14(21-12-22-15)16(24-18)26-6-1-3-13(11-26)17(27)20-4-2-5-25-7-9-28-10-8-25/h12-13H,1-11H2,(H,20,27)(H,21,22,23,24). The van der Waals surface area contributed by atoms with E-state index in [4.69, 9.17) is 16.3 Å². The normalized spacial score (nSPS) is 21.2. The van der Waals surface area contributed by atoms with E-state index in [0.717, 1.165) is 70.0 Å². The minimum Gasteiger partial charge on any atom is -0.379 e. The van der Waals surface area contributed by atoms with E-state index in [1.165, 1.54) is 0 Å². The molecule has 0 bridgehead atoms. The summed E-state index contributed by atoms with van der Waals surface area (Å²) in [6.45, 7) is 6.74. The molecule has 0 radical (unpaired) electrons. The van der Waals surface area contributed by atoms with E-state index in [0.29, 0.717) is 18.7 Å². The molecule has 152 valence electrons. The number of hydrogen-bond donors (Lipinski definition) is 2. The van der Waals surface area contributed by atoms with Crippen molar-refractivity contribution in [3.05, 3.63) is 11.6 Å². The summed E-state index contributed by atoms with van der Waals surface area (Å²) in [6, 6.07) is 0. The molecular weight excluding hydrogens is 382 g/mol. The third-order valence-electron chi connectivity index (χ3n) is 5.39. The van der Waals surface area contributed by atoms with Crippen molar-refractivity contribution in [3.63, 3.8) is 0 Å². The number of ether oxygens (including phenoxy) is 1. The van der Waals surface area contributed by atoms with E-state index in [1.54, 1.807) is 6.33 Å². The van der Waals surface area contributed by atoms with E-state index in [-0.39, 0.29) is 17.1 Å². The zero-order valence-corrected chi connectivity index (χ0v) is 16.6. The number of aromatic amines is 1. The molecule has 0 aromatic carbocycles. The minimum atomic E-state index is -0.0520. The van der Waals surface area contributed by atoms with Crippen molar-refractivity contribution in [1.29, 1.82) is 0 Å². The van der Waals surface area contributed by atoms with E-state index in [2.05, 4.69) is 35.1 Å². The zero-order valence-electron chi connectivity index (χ0n) is 15.9. The number of H-pyrrole nitrogens is 1. The predicted molar refractivity (Wildman–Crippen MR) is 107 cm³/mol. The summed E-state index contributed by atoms with van der Waals surface area (Å²) in [5.41, 5.74) is 1.31. The molecule has 2 fully saturated rings. The van der Waals surface area contributed by atoms with Crippen molar-refractivity contribution in [1.82, 2.24) is 30.2 Å². The highest BCUT2D eigenvalue weighted by Crippen LogP contribution is 2.27. The fraction of sp³-hybridized carbons (Fsp3) is 0.667. The molecule has 0 aliphatic carbocycles. The van der Waals surface area contributed by atoms with Crippen LogP contribution in [0, 0.1) is 5.92 Å². The minimum absolute atomic E-state index is 0.0520. The van der Waals surface area contributed by atoms with Crippen LogP contribution in [0.2, 0.25) is 5.28 Å². The van der Waals surface area contributed by atoms with Crippen molar-refractivity contribution in [2.45, 2.75) is 19.3 Å². The fourth-order valence-corrected chi connectivity index (χ4v) is 4.05. The molecule has 1 unspecified atom stereocenters. The Kier molecular flexibility index (Phi) is 6.23. The highest BCUT2D eigenvalue weighted by atomic mass is 35.5. The number of piperidine rings is 1. The topological polar surface area (TPSA) is 99.3 Å². The Labute approximate surface area is 168 Å². The van der Waals surface area contributed by atoms with Crippen LogP contribution in [0.5, 0.6) is 0 Å². The van der Waals surface area contributed by atoms with Crippen LogP contribution < -0.4 is 10.2 Å². The monoisotopic (exact) mass is 407 g/mol. The van der Waals surface area contributed by atoms with Gasteiger partial charge in [0.1, 0.15) is 5.52 Å². The lowest BCUT2D eigenvalue weighted by atomic mass is 9.97. The molecule has 0 saturated carbocycles. The van der Waals surface area contributed by atoms with E-state index >= 15 is 0 Å². The number of rotatable bonds is 6. The second-order valence-corrected chi connectivity index (χ2v) is 7.64. The quantitative estimate of drug-likeness (QED) is 0.545. The Morgan fingerprint density at radius 1 is 1.32 bits per heavy atom. The van der Waals surface area contributed by atoms with E-state index < -0.39 is 0 Å². The molecule has 2 aliphatic rings. The Hall–Kier alpha value is -1.97. The Morgan fingerprint density at radius 3 is 3.04 bits per heavy atom. The van der Waals surface area contributed by atoms with Gasteiger partial charge in [0, 0.05) is 32.7 Å². The molecular formula is C18H26ClN7O2. The number of halogens is 1. The van der Waals surface area contributed by atoms with Gasteiger partial charge in [-0.2, -0.15) is 9.97 Å². The number of carbonyl (C=O) groups excluding carboxylic acids is 1. The van der Waals surface area contributed by atoms with Gasteiger partial charge in [-0.15, -0.1) is 0 Å². The molecule has 2 aromatic heterocycles. The maximum Gasteiger partial charge on any atom is 0.226 e. The predicted octanol–water partition coefficient (Wildman–Crippen LogP) is 1.06. The third kappa shape index (κ3) is 4.53. The first-order valence-corrected chi connectivity index (χ1v) is 10.3. The van der Waals surface area contributed by atoms with Crippen LogP contribution in [-0.2, 0) is 9.53 Å². The van der Waals surface area contributed by atoms with Crippen molar-refractivity contribution in [2.24, 2.45) is 5.92 Å². The van der Waals surface area contributed by atoms with Crippen LogP contribution in [0.25, 0.3) is 11.2 Å². The van der Waals surface area contributed by atoms with Gasteiger partial charge in [0.05, 0.1) is 25.5 Å². The Morgan fingerprint density at radius 2 is 2.18 bits per heavy atom. The summed E-state index contributed by atoms with van der Waals surface area (Å²) in [4.78, 5) is 32.9. The molecule has 0 spiro atoms. The van der Waals surface area contributed by atoms with Gasteiger partial charge in [0.15, 0.2) is 11.5 Å². The van der Waals surface area contributed by atoms with Crippen LogP contribution in [0.4, 0.5) is 5.82 Å². The van der Waals surface area contributed by atoms with Gasteiger partial charge in [-0.05, 0) is 37.4 Å². The summed E-state index contributed by atoms with van der Waals surface area (Å²) < 4.78 is 5.36. The summed E-state index contributed by atoms with van der Waals surface area (Å²) in [7, 11) is 0. The average Bonchev–Trinajstić information content (AvgIpc) is 3.19.